The van der Waals surface area contributed by atoms with E-state index in [9.17, 15) is 13.2 Å². The Bertz CT molecular complexity index is 296. The van der Waals surface area contributed by atoms with Crippen LogP contribution in [0.25, 0.3) is 0 Å². The van der Waals surface area contributed by atoms with Crippen LogP contribution in [-0.2, 0) is 4.74 Å². The van der Waals surface area contributed by atoms with E-state index in [2.05, 4.69) is 28.4 Å². The Kier molecular flexibility index (Phi) is 4.74. The minimum atomic E-state index is -4.51. The Labute approximate surface area is 112 Å². The van der Waals surface area contributed by atoms with Crippen LogP contribution in [0.3, 0.4) is 0 Å². The van der Waals surface area contributed by atoms with Crippen LogP contribution in [0.5, 0.6) is 0 Å². The van der Waals surface area contributed by atoms with Gasteiger partial charge in [-0.1, -0.05) is 0 Å². The van der Waals surface area contributed by atoms with E-state index in [1.54, 1.807) is 0 Å². The van der Waals surface area contributed by atoms with Crippen molar-refractivity contribution in [2.24, 2.45) is 5.92 Å². The van der Waals surface area contributed by atoms with Gasteiger partial charge < -0.3 is 0 Å². The fraction of sp³-hybridized carbons (Fsp3) is 1.00. The largest absolute Gasteiger partial charge is 0.522 e. The van der Waals surface area contributed by atoms with Crippen LogP contribution in [0.2, 0.25) is 0 Å². The molecule has 0 spiro atoms. The molecule has 19 heavy (non-hydrogen) atoms. The maximum Gasteiger partial charge on any atom is 0.522 e. The van der Waals surface area contributed by atoms with Crippen LogP contribution in [0.1, 0.15) is 26.7 Å². The topological polar surface area (TPSA) is 15.7 Å². The van der Waals surface area contributed by atoms with Gasteiger partial charge in [0.25, 0.3) is 0 Å². The highest BCUT2D eigenvalue weighted by Crippen LogP contribution is 2.31. The summed E-state index contributed by atoms with van der Waals surface area (Å²) in [6, 6.07) is 1.01. The van der Waals surface area contributed by atoms with E-state index in [1.807, 2.05) is 0 Å². The van der Waals surface area contributed by atoms with Gasteiger partial charge in [-0.3, -0.25) is 14.5 Å². The van der Waals surface area contributed by atoms with Gasteiger partial charge in [0.1, 0.15) is 0 Å². The quantitative estimate of drug-likeness (QED) is 0.786. The minimum Gasteiger partial charge on any atom is -0.299 e. The average Bonchev–Trinajstić information content (AvgIpc) is 2.54. The highest BCUT2D eigenvalue weighted by atomic mass is 19.4. The first-order chi connectivity index (χ1) is 8.85. The van der Waals surface area contributed by atoms with E-state index in [4.69, 9.17) is 0 Å². The highest BCUT2D eigenvalue weighted by Gasteiger charge is 2.37. The van der Waals surface area contributed by atoms with Crippen LogP contribution in [0, 0.1) is 5.92 Å². The molecule has 0 radical (unpaired) electrons. The SMILES string of the molecule is CC(C)N1CC2CCN(CCOC(F)(F)F)CC1C2. The lowest BCUT2D eigenvalue weighted by molar-refractivity contribution is -0.325. The zero-order valence-electron chi connectivity index (χ0n) is 11.6. The summed E-state index contributed by atoms with van der Waals surface area (Å²) in [5.41, 5.74) is 0. The first-order valence-electron chi connectivity index (χ1n) is 7.04. The number of likely N-dealkylation sites (tertiary alicyclic amines) is 2. The third-order valence-electron chi connectivity index (χ3n) is 4.20. The van der Waals surface area contributed by atoms with Crippen molar-refractivity contribution in [3.05, 3.63) is 0 Å². The van der Waals surface area contributed by atoms with E-state index >= 15 is 0 Å². The molecule has 2 bridgehead atoms. The monoisotopic (exact) mass is 280 g/mol. The Hall–Kier alpha value is -0.330. The number of hydrogen-bond acceptors (Lipinski definition) is 3. The molecule has 2 rings (SSSR count). The zero-order chi connectivity index (χ0) is 14.0. The third-order valence-corrected chi connectivity index (χ3v) is 4.20. The summed E-state index contributed by atoms with van der Waals surface area (Å²) in [6.07, 6.45) is -2.23. The molecule has 2 atom stereocenters. The molecular formula is C13H23F3N2O. The average molecular weight is 280 g/mol. The number of alkyl halides is 3. The van der Waals surface area contributed by atoms with Crippen molar-refractivity contribution in [1.29, 1.82) is 0 Å². The van der Waals surface area contributed by atoms with Crippen molar-refractivity contribution in [1.82, 2.24) is 9.80 Å². The third kappa shape index (κ3) is 4.33. The predicted octanol–water partition coefficient (Wildman–Crippen LogP) is 2.33. The number of ether oxygens (including phenoxy) is 1. The standard InChI is InChI=1S/C13H23F3N2O/c1-10(2)18-8-11-3-4-17(9-12(18)7-11)5-6-19-13(14,15)16/h10-12H,3-9H2,1-2H3. The molecule has 2 unspecified atom stereocenters. The van der Waals surface area contributed by atoms with Crippen LogP contribution in [-0.4, -0.2) is 61.0 Å². The second-order valence-corrected chi connectivity index (χ2v) is 5.93. The van der Waals surface area contributed by atoms with E-state index in [-0.39, 0.29) is 6.61 Å². The van der Waals surface area contributed by atoms with Gasteiger partial charge in [0.2, 0.25) is 0 Å². The second kappa shape index (κ2) is 5.97. The number of rotatable bonds is 4. The molecule has 2 aliphatic heterocycles. The van der Waals surface area contributed by atoms with Gasteiger partial charge in [0.05, 0.1) is 6.61 Å². The minimum absolute atomic E-state index is 0.261. The molecule has 2 fully saturated rings. The Morgan fingerprint density at radius 3 is 2.63 bits per heavy atom. The van der Waals surface area contributed by atoms with E-state index < -0.39 is 6.36 Å². The van der Waals surface area contributed by atoms with Crippen molar-refractivity contribution in [3.63, 3.8) is 0 Å². The summed E-state index contributed by atoms with van der Waals surface area (Å²) in [5.74, 6) is 0.709. The number of fused-ring (bicyclic) bond motifs is 2. The number of nitrogens with zero attached hydrogens (tertiary/aromatic N) is 2. The first kappa shape index (κ1) is 15.1. The number of halogens is 3. The predicted molar refractivity (Wildman–Crippen MR) is 66.8 cm³/mol. The molecule has 0 saturated carbocycles. The second-order valence-electron chi connectivity index (χ2n) is 5.93. The summed E-state index contributed by atoms with van der Waals surface area (Å²) in [7, 11) is 0. The Morgan fingerprint density at radius 2 is 2.00 bits per heavy atom. The molecule has 0 amide bonds. The smallest absolute Gasteiger partial charge is 0.299 e. The van der Waals surface area contributed by atoms with Crippen molar-refractivity contribution < 1.29 is 17.9 Å². The lowest BCUT2D eigenvalue weighted by Crippen LogP contribution is -2.45. The van der Waals surface area contributed by atoms with E-state index in [1.165, 1.54) is 6.42 Å². The summed E-state index contributed by atoms with van der Waals surface area (Å²) in [6.45, 7) is 7.40. The molecular weight excluding hydrogens is 257 g/mol. The Balaban J connectivity index is 1.81. The molecule has 0 N–H and O–H groups in total. The summed E-state index contributed by atoms with van der Waals surface area (Å²) in [5, 5.41) is 0. The first-order valence-corrected chi connectivity index (χ1v) is 7.04. The van der Waals surface area contributed by atoms with Gasteiger partial charge in [-0.05, 0) is 39.2 Å². The molecule has 2 heterocycles. The Morgan fingerprint density at radius 1 is 1.26 bits per heavy atom. The van der Waals surface area contributed by atoms with Gasteiger partial charge >= 0.3 is 6.36 Å². The lowest BCUT2D eigenvalue weighted by Gasteiger charge is -2.33. The molecule has 0 aromatic heterocycles. The molecule has 0 aliphatic carbocycles. The van der Waals surface area contributed by atoms with Gasteiger partial charge in [-0.25, -0.2) is 0 Å². The highest BCUT2D eigenvalue weighted by molar-refractivity contribution is 4.92. The molecule has 6 heteroatoms. The van der Waals surface area contributed by atoms with Crippen LogP contribution in [0.15, 0.2) is 0 Å². The van der Waals surface area contributed by atoms with Gasteiger partial charge in [0.15, 0.2) is 0 Å². The fourth-order valence-electron chi connectivity index (χ4n) is 3.31. The lowest BCUT2D eigenvalue weighted by atomic mass is 10.0. The van der Waals surface area contributed by atoms with Crippen molar-refractivity contribution in [2.45, 2.75) is 45.1 Å². The summed E-state index contributed by atoms with van der Waals surface area (Å²) < 4.78 is 39.7. The van der Waals surface area contributed by atoms with Crippen LogP contribution < -0.4 is 0 Å². The van der Waals surface area contributed by atoms with E-state index in [0.717, 1.165) is 26.1 Å². The van der Waals surface area contributed by atoms with Gasteiger partial charge in [-0.2, -0.15) is 0 Å². The molecule has 2 aliphatic rings. The van der Waals surface area contributed by atoms with Crippen LogP contribution >= 0.6 is 0 Å². The molecule has 2 saturated heterocycles. The van der Waals surface area contributed by atoms with Gasteiger partial charge in [0, 0.05) is 31.7 Å². The van der Waals surface area contributed by atoms with Crippen LogP contribution in [0.4, 0.5) is 13.2 Å². The normalized spacial score (nSPS) is 30.0. The zero-order valence-corrected chi connectivity index (χ0v) is 11.6. The fourth-order valence-corrected chi connectivity index (χ4v) is 3.31. The van der Waals surface area contributed by atoms with Crippen molar-refractivity contribution in [3.8, 4) is 0 Å². The maximum atomic E-state index is 12.0. The molecule has 0 aromatic rings. The number of hydrogen-bond donors (Lipinski definition) is 0. The molecule has 3 nitrogen and oxygen atoms in total. The maximum absolute atomic E-state index is 12.0. The molecule has 0 aromatic carbocycles. The van der Waals surface area contributed by atoms with E-state index in [0.29, 0.717) is 24.5 Å². The molecule has 112 valence electrons. The van der Waals surface area contributed by atoms with Crippen molar-refractivity contribution >= 4 is 0 Å². The summed E-state index contributed by atoms with van der Waals surface area (Å²) in [4.78, 5) is 4.60. The van der Waals surface area contributed by atoms with Gasteiger partial charge in [-0.15, -0.1) is 13.2 Å². The summed E-state index contributed by atoms with van der Waals surface area (Å²) >= 11 is 0. The van der Waals surface area contributed by atoms with Crippen molar-refractivity contribution in [2.75, 3.05) is 32.8 Å².